The van der Waals surface area contributed by atoms with Gasteiger partial charge in [0.2, 0.25) is 0 Å². The number of amidine groups is 1. The predicted molar refractivity (Wildman–Crippen MR) is 106 cm³/mol. The number of aromatic nitrogens is 1. The van der Waals surface area contributed by atoms with Crippen LogP contribution in [0, 0.1) is 12.7 Å². The van der Waals surface area contributed by atoms with Crippen molar-refractivity contribution in [1.82, 2.24) is 4.98 Å². The topological polar surface area (TPSA) is 69.7 Å². The number of nitrogens with two attached hydrogens (primary N) is 1. The fraction of sp³-hybridized carbons (Fsp3) is 0.182. The molecule has 0 aliphatic carbocycles. The summed E-state index contributed by atoms with van der Waals surface area (Å²) in [7, 11) is 0. The van der Waals surface area contributed by atoms with Crippen LogP contribution < -0.4 is 10.5 Å². The number of ether oxygens (including phenoxy) is 2. The summed E-state index contributed by atoms with van der Waals surface area (Å²) in [5.74, 6) is -0.388. The van der Waals surface area contributed by atoms with Gasteiger partial charge in [0, 0.05) is 11.8 Å². The van der Waals surface area contributed by atoms with Crippen LogP contribution in [0.1, 0.15) is 16.7 Å². The molecule has 0 saturated carbocycles. The molecule has 1 aliphatic heterocycles. The molecule has 1 atom stereocenters. The molecule has 0 bridgehead atoms. The lowest BCUT2D eigenvalue weighted by atomic mass is 9.81. The van der Waals surface area contributed by atoms with Gasteiger partial charge < -0.3 is 15.2 Å². The van der Waals surface area contributed by atoms with Gasteiger partial charge >= 0.3 is 6.61 Å². The molecule has 5 nitrogen and oxygen atoms in total. The summed E-state index contributed by atoms with van der Waals surface area (Å²) in [6.45, 7) is -0.997. The van der Waals surface area contributed by atoms with E-state index in [0.717, 1.165) is 22.9 Å². The van der Waals surface area contributed by atoms with Crippen molar-refractivity contribution < 1.29 is 22.6 Å². The molecule has 0 fully saturated rings. The maximum Gasteiger partial charge on any atom is 0.387 e. The number of rotatable bonds is 5. The van der Waals surface area contributed by atoms with E-state index < -0.39 is 18.0 Å². The number of benzene rings is 2. The second kappa shape index (κ2) is 7.70. The Labute approximate surface area is 171 Å². The molecule has 0 saturated heterocycles. The van der Waals surface area contributed by atoms with Crippen LogP contribution in [0.5, 0.6) is 5.75 Å². The van der Waals surface area contributed by atoms with Crippen molar-refractivity contribution in [1.29, 1.82) is 0 Å². The number of alkyl halides is 2. The highest BCUT2D eigenvalue weighted by Crippen LogP contribution is 2.41. The fourth-order valence-corrected chi connectivity index (χ4v) is 3.67. The summed E-state index contributed by atoms with van der Waals surface area (Å²) >= 11 is 0. The van der Waals surface area contributed by atoms with E-state index in [4.69, 9.17) is 10.5 Å². The van der Waals surface area contributed by atoms with E-state index in [1.165, 1.54) is 18.2 Å². The minimum atomic E-state index is -2.91. The molecular weight excluding hydrogens is 395 g/mol. The molecule has 0 spiro atoms. The molecule has 3 aromatic rings. The molecule has 30 heavy (non-hydrogen) atoms. The van der Waals surface area contributed by atoms with Crippen molar-refractivity contribution in [2.75, 3.05) is 6.61 Å². The van der Waals surface area contributed by atoms with Crippen molar-refractivity contribution in [2.45, 2.75) is 19.1 Å². The van der Waals surface area contributed by atoms with E-state index in [-0.39, 0.29) is 18.4 Å². The lowest BCUT2D eigenvalue weighted by Crippen LogP contribution is -2.28. The maximum atomic E-state index is 13.6. The SMILES string of the molecule is Cc1cc(OC(F)F)ccc1[C@@]1(c2cccc(-c3cncc(F)c3)c2)COC(N)=N1. The number of aliphatic imine (C=N–C) groups is 1. The van der Waals surface area contributed by atoms with Crippen molar-refractivity contribution >= 4 is 6.02 Å². The maximum absolute atomic E-state index is 13.6. The summed E-state index contributed by atoms with van der Waals surface area (Å²) in [6, 6.07) is 13.5. The van der Waals surface area contributed by atoms with Gasteiger partial charge in [0.05, 0.1) is 6.20 Å². The average molecular weight is 413 g/mol. The molecule has 2 heterocycles. The van der Waals surface area contributed by atoms with Crippen LogP contribution in [0.4, 0.5) is 13.2 Å². The lowest BCUT2D eigenvalue weighted by Gasteiger charge is -2.27. The Bertz CT molecular complexity index is 1120. The first-order chi connectivity index (χ1) is 14.4. The molecule has 1 aliphatic rings. The van der Waals surface area contributed by atoms with Crippen LogP contribution in [0.3, 0.4) is 0 Å². The summed E-state index contributed by atoms with van der Waals surface area (Å²) in [5.41, 5.74) is 8.41. The summed E-state index contributed by atoms with van der Waals surface area (Å²) in [6.07, 6.45) is 2.70. The molecule has 154 valence electrons. The molecule has 2 aromatic carbocycles. The van der Waals surface area contributed by atoms with Gasteiger partial charge in [-0.2, -0.15) is 8.78 Å². The minimum absolute atomic E-state index is 0.0279. The molecule has 8 heteroatoms. The van der Waals surface area contributed by atoms with Crippen molar-refractivity contribution in [2.24, 2.45) is 10.7 Å². The lowest BCUT2D eigenvalue weighted by molar-refractivity contribution is -0.0498. The number of aryl methyl sites for hydroxylation is 1. The van der Waals surface area contributed by atoms with Gasteiger partial charge in [-0.15, -0.1) is 0 Å². The van der Waals surface area contributed by atoms with Crippen LogP contribution in [0.15, 0.2) is 65.9 Å². The number of halogens is 3. The normalized spacial score (nSPS) is 18.2. The smallest absolute Gasteiger partial charge is 0.387 e. The predicted octanol–water partition coefficient (Wildman–Crippen LogP) is 4.39. The summed E-state index contributed by atoms with van der Waals surface area (Å²) in [5, 5.41) is 0. The highest BCUT2D eigenvalue weighted by molar-refractivity contribution is 5.76. The van der Waals surface area contributed by atoms with Crippen LogP contribution in [0.25, 0.3) is 11.1 Å². The molecule has 2 N–H and O–H groups in total. The Hall–Kier alpha value is -3.55. The van der Waals surface area contributed by atoms with Crippen LogP contribution in [-0.2, 0) is 10.3 Å². The van der Waals surface area contributed by atoms with E-state index in [1.807, 2.05) is 24.3 Å². The third-order valence-electron chi connectivity index (χ3n) is 4.98. The summed E-state index contributed by atoms with van der Waals surface area (Å²) < 4.78 is 48.8. The number of pyridine rings is 1. The summed E-state index contributed by atoms with van der Waals surface area (Å²) in [4.78, 5) is 8.46. The van der Waals surface area contributed by atoms with Crippen LogP contribution in [0.2, 0.25) is 0 Å². The van der Waals surface area contributed by atoms with Gasteiger partial charge in [-0.3, -0.25) is 4.98 Å². The second-order valence-corrected chi connectivity index (χ2v) is 6.93. The zero-order valence-electron chi connectivity index (χ0n) is 16.0. The van der Waals surface area contributed by atoms with Crippen molar-refractivity contribution in [3.8, 4) is 16.9 Å². The van der Waals surface area contributed by atoms with E-state index in [9.17, 15) is 13.2 Å². The molecule has 0 unspecified atom stereocenters. The Balaban J connectivity index is 1.82. The Morgan fingerprint density at radius 2 is 1.93 bits per heavy atom. The van der Waals surface area contributed by atoms with Gasteiger partial charge in [-0.25, -0.2) is 9.38 Å². The quantitative estimate of drug-likeness (QED) is 0.674. The molecule has 0 radical (unpaired) electrons. The monoisotopic (exact) mass is 413 g/mol. The highest BCUT2D eigenvalue weighted by atomic mass is 19.3. The van der Waals surface area contributed by atoms with Gasteiger partial charge in [0.15, 0.2) is 5.54 Å². The van der Waals surface area contributed by atoms with E-state index in [0.29, 0.717) is 11.1 Å². The molecular formula is C22H18F3N3O2. The standard InChI is InChI=1S/C22H18F3N3O2/c1-13-7-18(30-20(24)25)5-6-19(13)22(12-29-21(26)28-22)16-4-2-3-14(8-16)15-9-17(23)11-27-10-15/h2-11,20H,12H2,1H3,(H2,26,28)/t22-/m0/s1. The van der Waals surface area contributed by atoms with E-state index in [2.05, 4.69) is 14.7 Å². The van der Waals surface area contributed by atoms with Crippen LogP contribution >= 0.6 is 0 Å². The first-order valence-corrected chi connectivity index (χ1v) is 9.13. The second-order valence-electron chi connectivity index (χ2n) is 6.93. The average Bonchev–Trinajstić information content (AvgIpc) is 3.10. The largest absolute Gasteiger partial charge is 0.462 e. The molecule has 0 amide bonds. The fourth-order valence-electron chi connectivity index (χ4n) is 3.67. The number of hydrogen-bond acceptors (Lipinski definition) is 5. The van der Waals surface area contributed by atoms with E-state index in [1.54, 1.807) is 19.2 Å². The van der Waals surface area contributed by atoms with Gasteiger partial charge in [-0.1, -0.05) is 24.3 Å². The first-order valence-electron chi connectivity index (χ1n) is 9.13. The number of nitrogens with zero attached hydrogens (tertiary/aromatic N) is 2. The number of hydrogen-bond donors (Lipinski definition) is 1. The van der Waals surface area contributed by atoms with Crippen LogP contribution in [-0.4, -0.2) is 24.2 Å². The Kier molecular flexibility index (Phi) is 5.07. The Morgan fingerprint density at radius 3 is 2.60 bits per heavy atom. The van der Waals surface area contributed by atoms with Gasteiger partial charge in [0.1, 0.15) is 18.2 Å². The van der Waals surface area contributed by atoms with Crippen molar-refractivity contribution in [3.63, 3.8) is 0 Å². The van der Waals surface area contributed by atoms with Gasteiger partial charge in [0.25, 0.3) is 6.02 Å². The third-order valence-corrected chi connectivity index (χ3v) is 4.98. The van der Waals surface area contributed by atoms with Gasteiger partial charge in [-0.05, 0) is 53.4 Å². The molecule has 1 aromatic heterocycles. The third kappa shape index (κ3) is 3.68. The van der Waals surface area contributed by atoms with Crippen molar-refractivity contribution in [3.05, 3.63) is 83.4 Å². The minimum Gasteiger partial charge on any atom is -0.462 e. The zero-order valence-corrected chi connectivity index (χ0v) is 16.0. The Morgan fingerprint density at radius 1 is 1.10 bits per heavy atom. The van der Waals surface area contributed by atoms with E-state index >= 15 is 0 Å². The highest BCUT2D eigenvalue weighted by Gasteiger charge is 2.41. The zero-order chi connectivity index (χ0) is 21.3. The molecule has 4 rings (SSSR count). The first kappa shape index (κ1) is 19.8.